The number of ether oxygens (including phenoxy) is 3. The number of anilines is 1. The first-order valence-corrected chi connectivity index (χ1v) is 7.46. The van der Waals surface area contributed by atoms with Crippen molar-refractivity contribution in [3.8, 4) is 11.5 Å². The topological polar surface area (TPSA) is 64.1 Å². The fourth-order valence-corrected chi connectivity index (χ4v) is 1.93. The number of guanidine groups is 1. The summed E-state index contributed by atoms with van der Waals surface area (Å²) in [7, 11) is 3.43. The van der Waals surface area contributed by atoms with Crippen LogP contribution in [-0.4, -0.2) is 45.5 Å². The lowest BCUT2D eigenvalue weighted by molar-refractivity contribution is 0.0270. The van der Waals surface area contributed by atoms with Crippen molar-refractivity contribution in [1.82, 2.24) is 5.32 Å². The highest BCUT2D eigenvalue weighted by Gasteiger charge is 2.17. The molecule has 0 amide bonds. The third kappa shape index (κ3) is 4.53. The zero-order chi connectivity index (χ0) is 16.0. The van der Waals surface area contributed by atoms with Gasteiger partial charge in [-0.3, -0.25) is 4.99 Å². The summed E-state index contributed by atoms with van der Waals surface area (Å²) in [4.78, 5) is 4.22. The molecule has 1 aliphatic heterocycles. The predicted octanol–water partition coefficient (Wildman–Crippen LogP) is 2.26. The molecule has 122 valence electrons. The van der Waals surface area contributed by atoms with Gasteiger partial charge in [-0.05, 0) is 26.0 Å². The van der Waals surface area contributed by atoms with Gasteiger partial charge in [-0.15, -0.1) is 0 Å². The number of nitrogens with zero attached hydrogens (tertiary/aromatic N) is 1. The van der Waals surface area contributed by atoms with E-state index < -0.39 is 0 Å². The minimum atomic E-state index is -0.262. The van der Waals surface area contributed by atoms with Crippen molar-refractivity contribution in [3.63, 3.8) is 0 Å². The average molecular weight is 307 g/mol. The van der Waals surface area contributed by atoms with Gasteiger partial charge in [-0.2, -0.15) is 0 Å². The first kappa shape index (κ1) is 16.4. The van der Waals surface area contributed by atoms with Crippen LogP contribution in [0.5, 0.6) is 11.5 Å². The fourth-order valence-electron chi connectivity index (χ4n) is 1.93. The normalized spacial score (nSPS) is 15.2. The third-order valence-electron chi connectivity index (χ3n) is 3.47. The molecule has 0 fully saturated rings. The smallest absolute Gasteiger partial charge is 0.195 e. The van der Waals surface area contributed by atoms with Gasteiger partial charge in [-0.25, -0.2) is 0 Å². The van der Waals surface area contributed by atoms with Gasteiger partial charge in [0.2, 0.25) is 0 Å². The Kier molecular flexibility index (Phi) is 5.49. The largest absolute Gasteiger partial charge is 0.490 e. The molecule has 0 unspecified atom stereocenters. The van der Waals surface area contributed by atoms with E-state index in [0.29, 0.717) is 25.7 Å². The summed E-state index contributed by atoms with van der Waals surface area (Å²) in [6.45, 7) is 6.04. The lowest BCUT2D eigenvalue weighted by atomic mass is 10.1. The highest BCUT2D eigenvalue weighted by Crippen LogP contribution is 2.32. The SMILES string of the molecule is CN=C(NCC(C)(C)OC)Nc1ccc2c(c1)OCCCO2. The highest BCUT2D eigenvalue weighted by molar-refractivity contribution is 5.93. The molecule has 0 aromatic heterocycles. The first-order chi connectivity index (χ1) is 10.5. The molecule has 0 spiro atoms. The third-order valence-corrected chi connectivity index (χ3v) is 3.47. The van der Waals surface area contributed by atoms with Crippen molar-refractivity contribution in [2.45, 2.75) is 25.9 Å². The minimum Gasteiger partial charge on any atom is -0.490 e. The van der Waals surface area contributed by atoms with Gasteiger partial charge in [0.25, 0.3) is 0 Å². The molecule has 0 atom stereocenters. The zero-order valence-electron chi connectivity index (χ0n) is 13.7. The van der Waals surface area contributed by atoms with Crippen LogP contribution in [0.25, 0.3) is 0 Å². The lowest BCUT2D eigenvalue weighted by Crippen LogP contribution is -2.42. The van der Waals surface area contributed by atoms with E-state index in [4.69, 9.17) is 14.2 Å². The summed E-state index contributed by atoms with van der Waals surface area (Å²) in [5.74, 6) is 2.22. The molecule has 0 aliphatic carbocycles. The number of fused-ring (bicyclic) bond motifs is 1. The Morgan fingerprint density at radius 3 is 2.68 bits per heavy atom. The molecule has 1 aromatic rings. The van der Waals surface area contributed by atoms with Crippen LogP contribution < -0.4 is 20.1 Å². The Morgan fingerprint density at radius 1 is 1.27 bits per heavy atom. The van der Waals surface area contributed by atoms with E-state index in [1.165, 1.54) is 0 Å². The van der Waals surface area contributed by atoms with E-state index in [9.17, 15) is 0 Å². The Balaban J connectivity index is 2.01. The number of aliphatic imine (C=N–C) groups is 1. The molecular weight excluding hydrogens is 282 g/mol. The van der Waals surface area contributed by atoms with Gasteiger partial charge < -0.3 is 24.8 Å². The number of nitrogens with one attached hydrogen (secondary N) is 2. The van der Waals surface area contributed by atoms with Crippen molar-refractivity contribution in [3.05, 3.63) is 18.2 Å². The van der Waals surface area contributed by atoms with Crippen LogP contribution in [0, 0.1) is 0 Å². The minimum absolute atomic E-state index is 0.262. The van der Waals surface area contributed by atoms with Gasteiger partial charge in [0.05, 0.1) is 18.8 Å². The second-order valence-corrected chi connectivity index (χ2v) is 5.73. The van der Waals surface area contributed by atoms with Gasteiger partial charge in [0.1, 0.15) is 0 Å². The number of rotatable bonds is 4. The van der Waals surface area contributed by atoms with E-state index in [0.717, 1.165) is 23.6 Å². The van der Waals surface area contributed by atoms with Crippen molar-refractivity contribution < 1.29 is 14.2 Å². The molecule has 1 heterocycles. The Bertz CT molecular complexity index is 529. The van der Waals surface area contributed by atoms with E-state index in [2.05, 4.69) is 15.6 Å². The van der Waals surface area contributed by atoms with Crippen LogP contribution in [-0.2, 0) is 4.74 Å². The molecule has 6 nitrogen and oxygen atoms in total. The van der Waals surface area contributed by atoms with E-state index in [-0.39, 0.29) is 5.60 Å². The summed E-state index contributed by atoms with van der Waals surface area (Å²) in [6, 6.07) is 5.78. The van der Waals surface area contributed by atoms with Crippen LogP contribution in [0.15, 0.2) is 23.2 Å². The quantitative estimate of drug-likeness (QED) is 0.660. The van der Waals surface area contributed by atoms with E-state index in [1.54, 1.807) is 14.2 Å². The summed E-state index contributed by atoms with van der Waals surface area (Å²) in [5, 5.41) is 6.49. The van der Waals surface area contributed by atoms with Crippen molar-refractivity contribution in [2.24, 2.45) is 4.99 Å². The Labute approximate surface area is 131 Å². The fraction of sp³-hybridized carbons (Fsp3) is 0.562. The van der Waals surface area contributed by atoms with E-state index >= 15 is 0 Å². The molecule has 1 aliphatic rings. The average Bonchev–Trinajstić information content (AvgIpc) is 2.76. The van der Waals surface area contributed by atoms with Crippen LogP contribution in [0.3, 0.4) is 0 Å². The molecule has 0 radical (unpaired) electrons. The monoisotopic (exact) mass is 307 g/mol. The van der Waals surface area contributed by atoms with E-state index in [1.807, 2.05) is 32.0 Å². The Morgan fingerprint density at radius 2 is 2.00 bits per heavy atom. The number of benzene rings is 1. The van der Waals surface area contributed by atoms with Gasteiger partial charge >= 0.3 is 0 Å². The zero-order valence-corrected chi connectivity index (χ0v) is 13.7. The maximum Gasteiger partial charge on any atom is 0.195 e. The highest BCUT2D eigenvalue weighted by atomic mass is 16.5. The lowest BCUT2D eigenvalue weighted by Gasteiger charge is -2.24. The second-order valence-electron chi connectivity index (χ2n) is 5.73. The van der Waals surface area contributed by atoms with Crippen LogP contribution >= 0.6 is 0 Å². The van der Waals surface area contributed by atoms with Crippen LogP contribution in [0.4, 0.5) is 5.69 Å². The van der Waals surface area contributed by atoms with Gasteiger partial charge in [0, 0.05) is 38.9 Å². The molecule has 0 bridgehead atoms. The summed E-state index contributed by atoms with van der Waals surface area (Å²) < 4.78 is 16.7. The van der Waals surface area contributed by atoms with Gasteiger partial charge in [0.15, 0.2) is 17.5 Å². The van der Waals surface area contributed by atoms with Crippen LogP contribution in [0.1, 0.15) is 20.3 Å². The predicted molar refractivity (Wildman–Crippen MR) is 88.1 cm³/mol. The summed E-state index contributed by atoms with van der Waals surface area (Å²) >= 11 is 0. The summed E-state index contributed by atoms with van der Waals surface area (Å²) in [6.07, 6.45) is 0.896. The maximum absolute atomic E-state index is 5.69. The Hall–Kier alpha value is -1.95. The molecule has 2 N–H and O–H groups in total. The van der Waals surface area contributed by atoms with Gasteiger partial charge in [-0.1, -0.05) is 0 Å². The number of methoxy groups -OCH3 is 1. The molecule has 22 heavy (non-hydrogen) atoms. The molecule has 0 saturated heterocycles. The van der Waals surface area contributed by atoms with Crippen molar-refractivity contribution in [1.29, 1.82) is 0 Å². The second kappa shape index (κ2) is 7.35. The molecule has 0 saturated carbocycles. The first-order valence-electron chi connectivity index (χ1n) is 7.46. The molecule has 1 aromatic carbocycles. The number of hydrogen-bond acceptors (Lipinski definition) is 4. The molecule has 2 rings (SSSR count). The van der Waals surface area contributed by atoms with Crippen molar-refractivity contribution >= 4 is 11.6 Å². The molecular formula is C16H25N3O3. The maximum atomic E-state index is 5.69. The standard InChI is InChI=1S/C16H25N3O3/c1-16(2,20-4)11-18-15(17-3)19-12-6-7-13-14(10-12)22-9-5-8-21-13/h6-7,10H,5,8-9,11H2,1-4H3,(H2,17,18,19). The number of hydrogen-bond donors (Lipinski definition) is 2. The van der Waals surface area contributed by atoms with Crippen LogP contribution in [0.2, 0.25) is 0 Å². The summed E-state index contributed by atoms with van der Waals surface area (Å²) in [5.41, 5.74) is 0.634. The van der Waals surface area contributed by atoms with Crippen molar-refractivity contribution in [2.75, 3.05) is 39.2 Å². The molecule has 6 heteroatoms.